The smallest absolute Gasteiger partial charge is 0.251 e. The van der Waals surface area contributed by atoms with Crippen LogP contribution in [0.1, 0.15) is 10.4 Å². The van der Waals surface area contributed by atoms with Gasteiger partial charge in [-0.05, 0) is 18.2 Å². The third kappa shape index (κ3) is 2.86. The number of amides is 1. The van der Waals surface area contributed by atoms with Crippen molar-refractivity contribution in [2.75, 3.05) is 12.4 Å². The number of rotatable bonds is 3. The molecule has 0 bridgehead atoms. The van der Waals surface area contributed by atoms with Gasteiger partial charge in [-0.3, -0.25) is 4.79 Å². The molecule has 0 atom stereocenters. The van der Waals surface area contributed by atoms with Crippen LogP contribution in [0.5, 0.6) is 0 Å². The molecular formula is C9H8Cl2FNO. The lowest BCUT2D eigenvalue weighted by molar-refractivity contribution is 0.0955. The topological polar surface area (TPSA) is 29.1 Å². The zero-order valence-corrected chi connectivity index (χ0v) is 8.70. The van der Waals surface area contributed by atoms with Gasteiger partial charge < -0.3 is 5.32 Å². The Morgan fingerprint density at radius 3 is 2.79 bits per heavy atom. The zero-order chi connectivity index (χ0) is 10.6. The van der Waals surface area contributed by atoms with Crippen molar-refractivity contribution in [3.05, 3.63) is 34.6 Å². The van der Waals surface area contributed by atoms with E-state index in [9.17, 15) is 9.18 Å². The van der Waals surface area contributed by atoms with Crippen LogP contribution in [-0.4, -0.2) is 18.3 Å². The third-order valence-corrected chi connectivity index (χ3v) is 2.06. The molecule has 0 radical (unpaired) electrons. The maximum absolute atomic E-state index is 12.9. The van der Waals surface area contributed by atoms with Gasteiger partial charge in [-0.25, -0.2) is 4.39 Å². The van der Waals surface area contributed by atoms with E-state index in [1.165, 1.54) is 12.1 Å². The molecule has 0 saturated heterocycles. The first-order chi connectivity index (χ1) is 6.65. The lowest BCUT2D eigenvalue weighted by Gasteiger charge is -2.03. The molecule has 0 unspecified atom stereocenters. The average molecular weight is 236 g/mol. The Morgan fingerprint density at radius 1 is 1.50 bits per heavy atom. The fourth-order valence-corrected chi connectivity index (χ4v) is 1.11. The number of alkyl halides is 1. The van der Waals surface area contributed by atoms with E-state index in [0.717, 1.165) is 6.07 Å². The molecule has 0 aliphatic carbocycles. The van der Waals surface area contributed by atoms with Crippen molar-refractivity contribution in [1.29, 1.82) is 0 Å². The molecule has 0 aromatic heterocycles. The Labute approximate surface area is 91.0 Å². The molecule has 0 aliphatic rings. The normalized spacial score (nSPS) is 9.93. The van der Waals surface area contributed by atoms with Gasteiger partial charge in [0, 0.05) is 18.0 Å². The van der Waals surface area contributed by atoms with Crippen LogP contribution < -0.4 is 5.32 Å². The highest BCUT2D eigenvalue weighted by molar-refractivity contribution is 6.30. The third-order valence-electron chi connectivity index (χ3n) is 1.56. The van der Waals surface area contributed by atoms with Gasteiger partial charge in [0.05, 0.1) is 5.02 Å². The van der Waals surface area contributed by atoms with Gasteiger partial charge in [-0.2, -0.15) is 0 Å². The molecule has 1 N–H and O–H groups in total. The molecule has 5 heteroatoms. The first-order valence-electron chi connectivity index (χ1n) is 3.94. The quantitative estimate of drug-likeness (QED) is 0.802. The average Bonchev–Trinajstić information content (AvgIpc) is 2.18. The first kappa shape index (κ1) is 11.3. The summed E-state index contributed by atoms with van der Waals surface area (Å²) in [4.78, 5) is 11.3. The molecule has 2 nitrogen and oxygen atoms in total. The van der Waals surface area contributed by atoms with Crippen LogP contribution >= 0.6 is 23.2 Å². The van der Waals surface area contributed by atoms with Gasteiger partial charge in [0.25, 0.3) is 5.91 Å². The molecule has 1 aromatic carbocycles. The van der Waals surface area contributed by atoms with Crippen molar-refractivity contribution in [1.82, 2.24) is 5.32 Å². The summed E-state index contributed by atoms with van der Waals surface area (Å²) in [6, 6.07) is 3.88. The number of halogens is 3. The number of nitrogens with one attached hydrogen (secondary N) is 1. The van der Waals surface area contributed by atoms with Crippen LogP contribution in [0.2, 0.25) is 5.02 Å². The molecule has 0 saturated carbocycles. The summed E-state index contributed by atoms with van der Waals surface area (Å²) in [5.41, 5.74) is 0.233. The molecule has 76 valence electrons. The molecule has 0 heterocycles. The van der Waals surface area contributed by atoms with E-state index in [1.54, 1.807) is 0 Å². The van der Waals surface area contributed by atoms with Crippen molar-refractivity contribution >= 4 is 29.1 Å². The Bertz CT molecular complexity index is 344. The first-order valence-corrected chi connectivity index (χ1v) is 4.85. The van der Waals surface area contributed by atoms with Crippen LogP contribution in [0.4, 0.5) is 4.39 Å². The van der Waals surface area contributed by atoms with Crippen LogP contribution in [0.3, 0.4) is 0 Å². The number of carbonyl (C=O) groups is 1. The molecular weight excluding hydrogens is 228 g/mol. The summed E-state index contributed by atoms with van der Waals surface area (Å²) < 4.78 is 12.9. The van der Waals surface area contributed by atoms with Gasteiger partial charge in [0.1, 0.15) is 5.82 Å². The number of carbonyl (C=O) groups excluding carboxylic acids is 1. The summed E-state index contributed by atoms with van der Waals surface area (Å²) in [7, 11) is 0. The largest absolute Gasteiger partial charge is 0.351 e. The van der Waals surface area contributed by atoms with Gasteiger partial charge >= 0.3 is 0 Å². The Morgan fingerprint density at radius 2 is 2.21 bits per heavy atom. The molecule has 1 aromatic rings. The monoisotopic (exact) mass is 235 g/mol. The van der Waals surface area contributed by atoms with Crippen molar-refractivity contribution in [3.8, 4) is 0 Å². The van der Waals surface area contributed by atoms with Gasteiger partial charge in [0.15, 0.2) is 0 Å². The summed E-state index contributed by atoms with van der Waals surface area (Å²) in [5, 5.41) is 2.51. The van der Waals surface area contributed by atoms with E-state index < -0.39 is 5.82 Å². The van der Waals surface area contributed by atoms with E-state index >= 15 is 0 Å². The summed E-state index contributed by atoms with van der Waals surface area (Å²) in [6.07, 6.45) is 0. The Balaban J connectivity index is 2.76. The van der Waals surface area contributed by atoms with Crippen molar-refractivity contribution < 1.29 is 9.18 Å². The highest BCUT2D eigenvalue weighted by Gasteiger charge is 2.07. The van der Waals surface area contributed by atoms with Gasteiger partial charge in [-0.15, -0.1) is 11.6 Å². The number of hydrogen-bond acceptors (Lipinski definition) is 1. The van der Waals surface area contributed by atoms with Crippen molar-refractivity contribution in [3.63, 3.8) is 0 Å². The van der Waals surface area contributed by atoms with Gasteiger partial charge in [-0.1, -0.05) is 11.6 Å². The van der Waals surface area contributed by atoms with E-state index in [1.807, 2.05) is 0 Å². The second-order valence-electron chi connectivity index (χ2n) is 2.57. The highest BCUT2D eigenvalue weighted by atomic mass is 35.5. The predicted octanol–water partition coefficient (Wildman–Crippen LogP) is 2.45. The highest BCUT2D eigenvalue weighted by Crippen LogP contribution is 2.15. The number of benzene rings is 1. The Hall–Kier alpha value is -0.800. The second kappa shape index (κ2) is 5.17. The standard InChI is InChI=1S/C9H8Cl2FNO/c10-3-4-13-9(14)6-1-2-7(11)8(12)5-6/h1-2,5H,3-4H2,(H,13,14). The van der Waals surface area contributed by atoms with E-state index in [4.69, 9.17) is 23.2 Å². The summed E-state index contributed by atoms with van der Waals surface area (Å²) in [5.74, 6) is -0.645. The van der Waals surface area contributed by atoms with Crippen molar-refractivity contribution in [2.45, 2.75) is 0 Å². The fourth-order valence-electron chi connectivity index (χ4n) is 0.900. The minimum absolute atomic E-state index is 0.00102. The molecule has 14 heavy (non-hydrogen) atoms. The molecule has 1 amide bonds. The summed E-state index contributed by atoms with van der Waals surface area (Å²) >= 11 is 10.8. The maximum atomic E-state index is 12.9. The molecule has 0 spiro atoms. The fraction of sp³-hybridized carbons (Fsp3) is 0.222. The summed E-state index contributed by atoms with van der Waals surface area (Å²) in [6.45, 7) is 0.352. The van der Waals surface area contributed by atoms with E-state index in [0.29, 0.717) is 12.4 Å². The van der Waals surface area contributed by atoms with Crippen LogP contribution in [-0.2, 0) is 0 Å². The van der Waals surface area contributed by atoms with E-state index in [-0.39, 0.29) is 16.5 Å². The Kier molecular flexibility index (Phi) is 4.17. The van der Waals surface area contributed by atoms with Crippen LogP contribution in [0.25, 0.3) is 0 Å². The zero-order valence-electron chi connectivity index (χ0n) is 7.19. The minimum atomic E-state index is -0.606. The molecule has 0 aliphatic heterocycles. The predicted molar refractivity (Wildman–Crippen MR) is 54.5 cm³/mol. The maximum Gasteiger partial charge on any atom is 0.251 e. The lowest BCUT2D eigenvalue weighted by Crippen LogP contribution is -2.25. The minimum Gasteiger partial charge on any atom is -0.351 e. The van der Waals surface area contributed by atoms with Crippen molar-refractivity contribution in [2.24, 2.45) is 0 Å². The second-order valence-corrected chi connectivity index (χ2v) is 3.36. The van der Waals surface area contributed by atoms with Crippen LogP contribution in [0, 0.1) is 5.82 Å². The molecule has 1 rings (SSSR count). The van der Waals surface area contributed by atoms with E-state index in [2.05, 4.69) is 5.32 Å². The number of hydrogen-bond donors (Lipinski definition) is 1. The van der Waals surface area contributed by atoms with Crippen LogP contribution in [0.15, 0.2) is 18.2 Å². The van der Waals surface area contributed by atoms with Gasteiger partial charge in [0.2, 0.25) is 0 Å². The lowest BCUT2D eigenvalue weighted by atomic mass is 10.2. The molecule has 0 fully saturated rings. The SMILES string of the molecule is O=C(NCCCl)c1ccc(Cl)c(F)c1.